The molecule has 0 atom stereocenters. The number of ether oxygens (including phenoxy) is 1. The Kier molecular flexibility index (Phi) is 3.83. The van der Waals surface area contributed by atoms with Crippen LogP contribution in [0.4, 0.5) is 5.69 Å². The minimum absolute atomic E-state index is 0.0264. The number of hydrogen-bond acceptors (Lipinski definition) is 2. The predicted molar refractivity (Wildman–Crippen MR) is 88.2 cm³/mol. The van der Waals surface area contributed by atoms with E-state index in [1.165, 1.54) is 0 Å². The lowest BCUT2D eigenvalue weighted by Gasteiger charge is -2.08. The average molecular weight is 294 g/mol. The highest BCUT2D eigenvalue weighted by molar-refractivity contribution is 6.02. The van der Waals surface area contributed by atoms with Gasteiger partial charge in [0.25, 0.3) is 0 Å². The molecule has 0 bridgehead atoms. The molecule has 0 unspecified atom stereocenters. The van der Waals surface area contributed by atoms with Crippen LogP contribution in [0, 0.1) is 0 Å². The van der Waals surface area contributed by atoms with Crippen LogP contribution in [-0.2, 0) is 18.3 Å². The van der Waals surface area contributed by atoms with Crippen molar-refractivity contribution in [3.63, 3.8) is 0 Å². The standard InChI is InChI=1S/C18H18N2O2/c1-20-11-10-15-16(4-3-5-17(15)20)19-18(21)12-13-6-8-14(22-2)9-7-13/h3-11H,12H2,1-2H3,(H,19,21). The lowest BCUT2D eigenvalue weighted by molar-refractivity contribution is -0.115. The monoisotopic (exact) mass is 294 g/mol. The van der Waals surface area contributed by atoms with E-state index in [4.69, 9.17) is 4.74 Å². The van der Waals surface area contributed by atoms with Gasteiger partial charge in [-0.3, -0.25) is 4.79 Å². The number of carbonyl (C=O) groups excluding carboxylic acids is 1. The molecule has 4 heteroatoms. The molecule has 0 aliphatic carbocycles. The Morgan fingerprint density at radius 1 is 1.14 bits per heavy atom. The number of benzene rings is 2. The zero-order valence-electron chi connectivity index (χ0n) is 12.7. The molecule has 3 rings (SSSR count). The topological polar surface area (TPSA) is 43.3 Å². The van der Waals surface area contributed by atoms with Crippen molar-refractivity contribution in [1.82, 2.24) is 4.57 Å². The van der Waals surface area contributed by atoms with Gasteiger partial charge in [-0.15, -0.1) is 0 Å². The fraction of sp³-hybridized carbons (Fsp3) is 0.167. The van der Waals surface area contributed by atoms with Crippen LogP contribution >= 0.6 is 0 Å². The van der Waals surface area contributed by atoms with Gasteiger partial charge in [-0.1, -0.05) is 18.2 Å². The third kappa shape index (κ3) is 2.81. The van der Waals surface area contributed by atoms with Gasteiger partial charge in [0.05, 0.1) is 19.2 Å². The summed E-state index contributed by atoms with van der Waals surface area (Å²) in [7, 11) is 3.62. The molecule has 1 N–H and O–H groups in total. The van der Waals surface area contributed by atoms with Crippen LogP contribution in [0.15, 0.2) is 54.7 Å². The molecule has 0 radical (unpaired) electrons. The zero-order valence-corrected chi connectivity index (χ0v) is 12.7. The number of fused-ring (bicyclic) bond motifs is 1. The van der Waals surface area contributed by atoms with Crippen molar-refractivity contribution in [2.75, 3.05) is 12.4 Å². The summed E-state index contributed by atoms with van der Waals surface area (Å²) in [6.45, 7) is 0. The Morgan fingerprint density at radius 3 is 2.64 bits per heavy atom. The van der Waals surface area contributed by atoms with E-state index >= 15 is 0 Å². The first-order valence-electron chi connectivity index (χ1n) is 7.14. The molecule has 0 aliphatic rings. The summed E-state index contributed by atoms with van der Waals surface area (Å²) in [6.07, 6.45) is 2.33. The second-order valence-electron chi connectivity index (χ2n) is 5.24. The van der Waals surface area contributed by atoms with Crippen molar-refractivity contribution < 1.29 is 9.53 Å². The number of nitrogens with one attached hydrogen (secondary N) is 1. The van der Waals surface area contributed by atoms with Gasteiger partial charge in [-0.2, -0.15) is 0 Å². The van der Waals surface area contributed by atoms with Crippen LogP contribution in [-0.4, -0.2) is 17.6 Å². The Hall–Kier alpha value is -2.75. The fourth-order valence-corrected chi connectivity index (χ4v) is 2.53. The molecule has 1 aromatic heterocycles. The van der Waals surface area contributed by atoms with Crippen molar-refractivity contribution in [3.8, 4) is 5.75 Å². The summed E-state index contributed by atoms with van der Waals surface area (Å²) in [5.41, 5.74) is 2.90. The van der Waals surface area contributed by atoms with Crippen molar-refractivity contribution >= 4 is 22.5 Å². The van der Waals surface area contributed by atoms with E-state index in [0.29, 0.717) is 6.42 Å². The van der Waals surface area contributed by atoms with Crippen LogP contribution in [0.5, 0.6) is 5.75 Å². The molecule has 0 saturated heterocycles. The molecule has 2 aromatic carbocycles. The molecule has 0 fully saturated rings. The van der Waals surface area contributed by atoms with E-state index in [9.17, 15) is 4.79 Å². The van der Waals surface area contributed by atoms with E-state index in [0.717, 1.165) is 27.9 Å². The largest absolute Gasteiger partial charge is 0.497 e. The number of methoxy groups -OCH3 is 1. The molecule has 22 heavy (non-hydrogen) atoms. The van der Waals surface area contributed by atoms with Gasteiger partial charge in [-0.05, 0) is 35.9 Å². The van der Waals surface area contributed by atoms with Crippen molar-refractivity contribution in [3.05, 3.63) is 60.3 Å². The van der Waals surface area contributed by atoms with Crippen LogP contribution in [0.2, 0.25) is 0 Å². The SMILES string of the molecule is COc1ccc(CC(=O)Nc2cccc3c2ccn3C)cc1. The van der Waals surface area contributed by atoms with Crippen molar-refractivity contribution in [2.45, 2.75) is 6.42 Å². The number of hydrogen-bond donors (Lipinski definition) is 1. The van der Waals surface area contributed by atoms with Crippen LogP contribution in [0.3, 0.4) is 0 Å². The highest BCUT2D eigenvalue weighted by Gasteiger charge is 2.08. The third-order valence-electron chi connectivity index (χ3n) is 3.73. The molecule has 0 saturated carbocycles. The second kappa shape index (κ2) is 5.93. The quantitative estimate of drug-likeness (QED) is 0.801. The van der Waals surface area contributed by atoms with E-state index in [-0.39, 0.29) is 5.91 Å². The van der Waals surface area contributed by atoms with Gasteiger partial charge in [0, 0.05) is 24.1 Å². The number of rotatable bonds is 4. The fourth-order valence-electron chi connectivity index (χ4n) is 2.53. The van der Waals surface area contributed by atoms with Crippen LogP contribution in [0.25, 0.3) is 10.9 Å². The predicted octanol–water partition coefficient (Wildman–Crippen LogP) is 3.37. The van der Waals surface area contributed by atoms with Gasteiger partial charge in [0.1, 0.15) is 5.75 Å². The summed E-state index contributed by atoms with van der Waals surface area (Å²) < 4.78 is 7.15. The maximum Gasteiger partial charge on any atom is 0.228 e. The lowest BCUT2D eigenvalue weighted by atomic mass is 10.1. The molecule has 1 amide bonds. The Balaban J connectivity index is 1.75. The zero-order chi connectivity index (χ0) is 15.5. The van der Waals surface area contributed by atoms with Crippen molar-refractivity contribution in [1.29, 1.82) is 0 Å². The smallest absolute Gasteiger partial charge is 0.228 e. The van der Waals surface area contributed by atoms with E-state index in [1.54, 1.807) is 7.11 Å². The maximum absolute atomic E-state index is 12.2. The number of aryl methyl sites for hydroxylation is 1. The van der Waals surface area contributed by atoms with Gasteiger partial charge < -0.3 is 14.6 Å². The summed E-state index contributed by atoms with van der Waals surface area (Å²) in [5.74, 6) is 0.764. The summed E-state index contributed by atoms with van der Waals surface area (Å²) in [5, 5.41) is 4.04. The molecule has 4 nitrogen and oxygen atoms in total. The van der Waals surface area contributed by atoms with Gasteiger partial charge >= 0.3 is 0 Å². The number of amides is 1. The van der Waals surface area contributed by atoms with Gasteiger partial charge in [-0.25, -0.2) is 0 Å². The Bertz CT molecular complexity index is 804. The Labute approximate surface area is 129 Å². The molecular formula is C18H18N2O2. The molecule has 112 valence electrons. The molecule has 3 aromatic rings. The van der Waals surface area contributed by atoms with E-state index < -0.39 is 0 Å². The maximum atomic E-state index is 12.2. The van der Waals surface area contributed by atoms with Gasteiger partial charge in [0.15, 0.2) is 0 Å². The minimum Gasteiger partial charge on any atom is -0.497 e. The summed E-state index contributed by atoms with van der Waals surface area (Å²) in [6, 6.07) is 15.5. The molecule has 0 spiro atoms. The molecule has 0 aliphatic heterocycles. The Morgan fingerprint density at radius 2 is 1.91 bits per heavy atom. The first-order valence-corrected chi connectivity index (χ1v) is 7.14. The normalized spacial score (nSPS) is 10.6. The van der Waals surface area contributed by atoms with Gasteiger partial charge in [0.2, 0.25) is 5.91 Å². The third-order valence-corrected chi connectivity index (χ3v) is 3.73. The first kappa shape index (κ1) is 14.2. The highest BCUT2D eigenvalue weighted by Crippen LogP contribution is 2.24. The average Bonchev–Trinajstić information content (AvgIpc) is 2.91. The molecule has 1 heterocycles. The second-order valence-corrected chi connectivity index (χ2v) is 5.24. The number of anilines is 1. The number of nitrogens with zero attached hydrogens (tertiary/aromatic N) is 1. The number of aromatic nitrogens is 1. The highest BCUT2D eigenvalue weighted by atomic mass is 16.5. The molecular weight excluding hydrogens is 276 g/mol. The van der Waals surface area contributed by atoms with Crippen LogP contribution < -0.4 is 10.1 Å². The lowest BCUT2D eigenvalue weighted by Crippen LogP contribution is -2.14. The van der Waals surface area contributed by atoms with Crippen molar-refractivity contribution in [2.24, 2.45) is 7.05 Å². The van der Waals surface area contributed by atoms with Crippen LogP contribution in [0.1, 0.15) is 5.56 Å². The van der Waals surface area contributed by atoms with E-state index in [1.807, 2.05) is 66.3 Å². The first-order chi connectivity index (χ1) is 10.7. The summed E-state index contributed by atoms with van der Waals surface area (Å²) in [4.78, 5) is 12.2. The van der Waals surface area contributed by atoms with E-state index in [2.05, 4.69) is 5.32 Å². The minimum atomic E-state index is -0.0264. The summed E-state index contributed by atoms with van der Waals surface area (Å²) >= 11 is 0. The number of carbonyl (C=O) groups is 1.